The third-order valence-corrected chi connectivity index (χ3v) is 18.7. The van der Waals surface area contributed by atoms with Crippen molar-refractivity contribution >= 4 is 0 Å². The molecule has 25 atom stereocenters. The molecule has 0 aromatic rings. The van der Waals surface area contributed by atoms with Gasteiger partial charge in [-0.1, -0.05) is 53.2 Å². The summed E-state index contributed by atoms with van der Waals surface area (Å²) in [6.45, 7) is 14.5. The lowest BCUT2D eigenvalue weighted by atomic mass is 9.38. The molecule has 0 bridgehead atoms. The molecule has 19 heteroatoms. The Morgan fingerprint density at radius 2 is 1.18 bits per heavy atom. The fourth-order valence-electron chi connectivity index (χ4n) is 14.2. The number of hydrogen-bond acceptors (Lipinski definition) is 19. The predicted octanol–water partition coefficient (Wildman–Crippen LogP) is -1.06. The van der Waals surface area contributed by atoms with E-state index < -0.39 is 147 Å². The van der Waals surface area contributed by atoms with E-state index in [-0.39, 0.29) is 34.5 Å². The van der Waals surface area contributed by atoms with Crippen LogP contribution < -0.4 is 0 Å². The van der Waals surface area contributed by atoms with Crippen molar-refractivity contribution in [2.45, 2.75) is 223 Å². The Balaban J connectivity index is 1.06. The van der Waals surface area contributed by atoms with Crippen LogP contribution in [-0.2, 0) is 28.4 Å². The van der Waals surface area contributed by atoms with Gasteiger partial charge in [-0.2, -0.15) is 0 Å². The highest BCUT2D eigenvalue weighted by molar-refractivity contribution is 5.32. The molecule has 3 aliphatic heterocycles. The van der Waals surface area contributed by atoms with E-state index in [4.69, 9.17) is 28.4 Å². The number of allylic oxidation sites excluding steroid dienone is 1. The Bertz CT molecular complexity index is 1710. The van der Waals surface area contributed by atoms with Crippen LogP contribution in [-0.4, -0.2) is 202 Å². The molecule has 0 amide bonds. The minimum Gasteiger partial charge on any atom is -0.394 e. The topological polar surface area (TPSA) is 318 Å². The van der Waals surface area contributed by atoms with Crippen molar-refractivity contribution in [1.29, 1.82) is 0 Å². The summed E-state index contributed by atoms with van der Waals surface area (Å²) in [7, 11) is 0. The van der Waals surface area contributed by atoms with Gasteiger partial charge in [-0.15, -0.1) is 0 Å². The van der Waals surface area contributed by atoms with Crippen LogP contribution in [0.15, 0.2) is 11.6 Å². The van der Waals surface area contributed by atoms with Crippen LogP contribution in [0, 0.1) is 45.3 Å². The molecule has 7 rings (SSSR count). The number of rotatable bonds is 14. The van der Waals surface area contributed by atoms with Crippen LogP contribution in [0.3, 0.4) is 0 Å². The van der Waals surface area contributed by atoms with Gasteiger partial charge in [-0.3, -0.25) is 0 Å². The number of ether oxygens (including phenoxy) is 6. The van der Waals surface area contributed by atoms with Crippen molar-refractivity contribution in [1.82, 2.24) is 0 Å². The number of aliphatic hydroxyl groups is 13. The lowest BCUT2D eigenvalue weighted by Gasteiger charge is -2.67. The summed E-state index contributed by atoms with van der Waals surface area (Å²) in [4.78, 5) is 0. The van der Waals surface area contributed by atoms with Crippen molar-refractivity contribution in [3.8, 4) is 0 Å². The second-order valence-corrected chi connectivity index (χ2v) is 23.0. The normalized spacial score (nSPS) is 51.0. The summed E-state index contributed by atoms with van der Waals surface area (Å²) in [5, 5.41) is 139. The first-order chi connectivity index (χ1) is 31.2. The maximum Gasteiger partial charge on any atom is 0.187 e. The maximum atomic E-state index is 12.6. The second kappa shape index (κ2) is 19.8. The van der Waals surface area contributed by atoms with Crippen LogP contribution in [0.25, 0.3) is 0 Å². The molecule has 4 aliphatic carbocycles. The first kappa shape index (κ1) is 53.8. The molecule has 7 aliphatic rings. The molecular weight excluding hydrogens is 881 g/mol. The Morgan fingerprint density at radius 3 is 1.72 bits per heavy atom. The van der Waals surface area contributed by atoms with E-state index in [1.807, 2.05) is 0 Å². The maximum absolute atomic E-state index is 12.6. The predicted molar refractivity (Wildman–Crippen MR) is 235 cm³/mol. The largest absolute Gasteiger partial charge is 0.394 e. The van der Waals surface area contributed by atoms with Gasteiger partial charge in [0.05, 0.1) is 43.7 Å². The van der Waals surface area contributed by atoms with Gasteiger partial charge < -0.3 is 94.8 Å². The van der Waals surface area contributed by atoms with Gasteiger partial charge in [0, 0.05) is 10.8 Å². The third kappa shape index (κ3) is 9.13. The number of aliphatic hydroxyl groups excluding tert-OH is 12. The van der Waals surface area contributed by atoms with E-state index in [0.717, 1.165) is 25.7 Å². The molecule has 0 aromatic heterocycles. The highest BCUT2D eigenvalue weighted by Crippen LogP contribution is 2.75. The first-order valence-electron chi connectivity index (χ1n) is 24.5. The van der Waals surface area contributed by atoms with E-state index in [1.165, 1.54) is 5.57 Å². The van der Waals surface area contributed by atoms with Crippen molar-refractivity contribution in [3.63, 3.8) is 0 Å². The van der Waals surface area contributed by atoms with Crippen molar-refractivity contribution < 1.29 is 94.8 Å². The fourth-order valence-corrected chi connectivity index (χ4v) is 14.2. The fraction of sp³-hybridized carbons (Fsp3) is 0.958. The zero-order chi connectivity index (χ0) is 49.5. The van der Waals surface area contributed by atoms with Gasteiger partial charge in [-0.25, -0.2) is 0 Å². The molecule has 388 valence electrons. The second-order valence-electron chi connectivity index (χ2n) is 23.0. The molecule has 67 heavy (non-hydrogen) atoms. The van der Waals surface area contributed by atoms with Crippen LogP contribution in [0.4, 0.5) is 0 Å². The molecule has 0 aromatic carbocycles. The molecule has 13 N–H and O–H groups in total. The summed E-state index contributed by atoms with van der Waals surface area (Å²) in [5.74, 6) is 0.476. The van der Waals surface area contributed by atoms with E-state index in [2.05, 4.69) is 47.6 Å². The van der Waals surface area contributed by atoms with Crippen LogP contribution in [0.5, 0.6) is 0 Å². The molecule has 0 unspecified atom stereocenters. The highest BCUT2D eigenvalue weighted by Gasteiger charge is 2.70. The first-order valence-corrected chi connectivity index (χ1v) is 24.5. The summed E-state index contributed by atoms with van der Waals surface area (Å²) < 4.78 is 35.9. The summed E-state index contributed by atoms with van der Waals surface area (Å²) in [6, 6.07) is 0. The quantitative estimate of drug-likeness (QED) is 0.0924. The van der Waals surface area contributed by atoms with Crippen molar-refractivity contribution in [3.05, 3.63) is 11.6 Å². The van der Waals surface area contributed by atoms with Gasteiger partial charge in [0.1, 0.15) is 73.2 Å². The highest BCUT2D eigenvalue weighted by atomic mass is 16.8. The Labute approximate surface area is 393 Å². The van der Waals surface area contributed by atoms with E-state index in [0.29, 0.717) is 25.7 Å². The summed E-state index contributed by atoms with van der Waals surface area (Å²) >= 11 is 0. The molecule has 0 spiro atoms. The molecule has 6 fully saturated rings. The monoisotopic (exact) mass is 963 g/mol. The average molecular weight is 963 g/mol. The SMILES string of the molecule is C[C@H](CC[C@@H](O[C@@H]1O[C@H](CO)[C@@H](O)[C@H](O)[C@H]1O[C@@H]1O[C@H](CO)[C@@H](O)[C@H](O)[C@H]1O)C(C)(C)O)[C@H]1CC[C@@]2(C)[C@H]3CC=C4[C@@H](CC[C@H](O[C@@H]5O[C@H](CO)[C@@H](O)[C@H](O)[C@H]5O)C4(C)C)[C@]3(C)[C@H](O)C[C@]12C. The Morgan fingerprint density at radius 1 is 0.657 bits per heavy atom. The molecule has 3 saturated heterocycles. The molecule has 19 nitrogen and oxygen atoms in total. The molecule has 3 heterocycles. The Hall–Kier alpha value is -1.02. The Kier molecular flexibility index (Phi) is 15.9. The average Bonchev–Trinajstić information content (AvgIpc) is 3.54. The van der Waals surface area contributed by atoms with Crippen LogP contribution in [0.1, 0.15) is 107 Å². The number of fused-ring (bicyclic) bond motifs is 5. The van der Waals surface area contributed by atoms with Gasteiger partial charge in [0.15, 0.2) is 18.9 Å². The minimum atomic E-state index is -1.83. The van der Waals surface area contributed by atoms with E-state index in [9.17, 15) is 66.4 Å². The third-order valence-electron chi connectivity index (χ3n) is 18.7. The summed E-state index contributed by atoms with van der Waals surface area (Å²) in [5.41, 5.74) is -1.70. The minimum absolute atomic E-state index is 0.0500. The molecule has 3 saturated carbocycles. The van der Waals surface area contributed by atoms with Gasteiger partial charge in [0.2, 0.25) is 0 Å². The van der Waals surface area contributed by atoms with Crippen molar-refractivity contribution in [2.75, 3.05) is 19.8 Å². The van der Waals surface area contributed by atoms with Gasteiger partial charge in [-0.05, 0) is 99.7 Å². The summed E-state index contributed by atoms with van der Waals surface area (Å²) in [6.07, 6.45) is -17.3. The van der Waals surface area contributed by atoms with Crippen LogP contribution >= 0.6 is 0 Å². The van der Waals surface area contributed by atoms with Crippen LogP contribution in [0.2, 0.25) is 0 Å². The van der Waals surface area contributed by atoms with Gasteiger partial charge in [0.25, 0.3) is 0 Å². The smallest absolute Gasteiger partial charge is 0.187 e. The lowest BCUT2D eigenvalue weighted by molar-refractivity contribution is -0.375. The molecular formula is C48H82O19. The number of hydrogen-bond donors (Lipinski definition) is 13. The van der Waals surface area contributed by atoms with E-state index in [1.54, 1.807) is 13.8 Å². The van der Waals surface area contributed by atoms with E-state index >= 15 is 0 Å². The van der Waals surface area contributed by atoms with Gasteiger partial charge >= 0.3 is 0 Å². The lowest BCUT2D eigenvalue weighted by Crippen LogP contribution is -2.65. The molecule has 0 radical (unpaired) electrons. The van der Waals surface area contributed by atoms with Crippen molar-refractivity contribution in [2.24, 2.45) is 45.3 Å². The standard InChI is InChI=1S/C48H82O19/c1-21(9-13-31(45(4,5)61)66-43-40(37(58)34(55)27(20-51)64-43)67-42-39(60)36(57)33(54)26(19-50)63-42)22-15-16-46(6)28-12-10-23-24(48(28,8)29(52)17-47(22,46)7)11-14-30(44(23,2)3)65-41-38(59)35(56)32(53)25(18-49)62-41/h10,21-22,24-43,49-61H,9,11-20H2,1-8H3/t21-,22-,24-,25-,26-,27-,28-,29-,30+,31-,32-,33-,34-,35+,36+,37+,38-,39-,40-,41+,42+,43+,46+,47-,48+/m1/s1. The zero-order valence-corrected chi connectivity index (χ0v) is 40.3. The zero-order valence-electron chi connectivity index (χ0n) is 40.3.